The van der Waals surface area contributed by atoms with Gasteiger partial charge in [0, 0.05) is 5.41 Å². The van der Waals surface area contributed by atoms with E-state index in [9.17, 15) is 0 Å². The molecule has 3 rings (SSSR count). The van der Waals surface area contributed by atoms with Crippen LogP contribution in [0.3, 0.4) is 0 Å². The van der Waals surface area contributed by atoms with Gasteiger partial charge in [-0.05, 0) is 43.2 Å². The van der Waals surface area contributed by atoms with Crippen LogP contribution in [-0.2, 0) is 18.4 Å². The van der Waals surface area contributed by atoms with Gasteiger partial charge >= 0.3 is 0 Å². The lowest BCUT2D eigenvalue weighted by Gasteiger charge is -2.37. The first-order valence-electron chi connectivity index (χ1n) is 23.3. The van der Waals surface area contributed by atoms with Crippen molar-refractivity contribution in [2.24, 2.45) is 0 Å². The zero-order valence-electron chi connectivity index (χ0n) is 35.4. The van der Waals surface area contributed by atoms with Crippen LogP contribution in [0.4, 0.5) is 0 Å². The van der Waals surface area contributed by atoms with Crippen molar-refractivity contribution >= 4 is 0 Å². The molecule has 0 fully saturated rings. The fraction of sp³-hybridized carbons (Fsp3) is 0.706. The van der Waals surface area contributed by atoms with Crippen molar-refractivity contribution < 1.29 is 4.57 Å². The molecule has 0 aliphatic rings. The molecule has 0 aliphatic carbocycles. The van der Waals surface area contributed by atoms with E-state index < -0.39 is 0 Å². The number of nitrogens with zero attached hydrogens (tertiary/aromatic N) is 2. The summed E-state index contributed by atoms with van der Waals surface area (Å²) in [6.45, 7) is 8.30. The van der Waals surface area contributed by atoms with Gasteiger partial charge in [-0.3, -0.25) is 0 Å². The summed E-state index contributed by atoms with van der Waals surface area (Å²) in [6.07, 6.45) is 49.1. The summed E-state index contributed by atoms with van der Waals surface area (Å²) in [5, 5.41) is 0. The van der Waals surface area contributed by atoms with Crippen molar-refractivity contribution in [3.8, 4) is 0 Å². The molecule has 2 aromatic carbocycles. The van der Waals surface area contributed by atoms with Crippen LogP contribution in [-0.4, -0.2) is 4.57 Å². The first kappa shape index (κ1) is 45.0. The lowest BCUT2D eigenvalue weighted by atomic mass is 9.70. The zero-order chi connectivity index (χ0) is 37.5. The van der Waals surface area contributed by atoms with E-state index in [0.29, 0.717) is 6.04 Å². The Morgan fingerprint density at radius 2 is 0.887 bits per heavy atom. The van der Waals surface area contributed by atoms with E-state index in [2.05, 4.69) is 109 Å². The Bertz CT molecular complexity index is 1220. The van der Waals surface area contributed by atoms with Gasteiger partial charge in [-0.1, -0.05) is 242 Å². The average Bonchev–Trinajstić information content (AvgIpc) is 3.65. The van der Waals surface area contributed by atoms with E-state index >= 15 is 0 Å². The molecule has 53 heavy (non-hydrogen) atoms. The van der Waals surface area contributed by atoms with Crippen LogP contribution in [0.2, 0.25) is 0 Å². The van der Waals surface area contributed by atoms with E-state index in [0.717, 1.165) is 13.0 Å². The maximum Gasteiger partial charge on any atom is 0.244 e. The summed E-state index contributed by atoms with van der Waals surface area (Å²) in [7, 11) is 0. The normalized spacial score (nSPS) is 13.3. The average molecular weight is 726 g/mol. The number of aromatic nitrogens is 2. The van der Waals surface area contributed by atoms with Crippen molar-refractivity contribution in [1.82, 2.24) is 4.57 Å². The van der Waals surface area contributed by atoms with E-state index in [1.807, 2.05) is 0 Å². The molecule has 0 aliphatic heterocycles. The van der Waals surface area contributed by atoms with Crippen LogP contribution in [0.15, 0.2) is 79.4 Å². The molecule has 0 saturated heterocycles. The molecule has 0 N–H and O–H groups in total. The number of aryl methyl sites for hydroxylation is 1. The fourth-order valence-electron chi connectivity index (χ4n) is 8.80. The lowest BCUT2D eigenvalue weighted by Crippen LogP contribution is -2.38. The first-order valence-corrected chi connectivity index (χ1v) is 23.3. The fourth-order valence-corrected chi connectivity index (χ4v) is 8.80. The molecule has 298 valence electrons. The number of imidazole rings is 1. The number of unbranched alkanes of at least 4 members (excludes halogenated alkanes) is 26. The largest absolute Gasteiger partial charge is 0.244 e. The van der Waals surface area contributed by atoms with Gasteiger partial charge in [0.1, 0.15) is 18.4 Å². The van der Waals surface area contributed by atoms with Crippen LogP contribution < -0.4 is 4.57 Å². The highest BCUT2D eigenvalue weighted by molar-refractivity contribution is 5.30. The summed E-state index contributed by atoms with van der Waals surface area (Å²) in [5.74, 6) is 0. The van der Waals surface area contributed by atoms with Gasteiger partial charge in [0.15, 0.2) is 0 Å². The van der Waals surface area contributed by atoms with Gasteiger partial charge in [-0.2, -0.15) is 0 Å². The first-order chi connectivity index (χ1) is 26.2. The Hall–Kier alpha value is -2.35. The third kappa shape index (κ3) is 19.7. The molecule has 0 amide bonds. The molecule has 0 bridgehead atoms. The van der Waals surface area contributed by atoms with Crippen LogP contribution in [0.25, 0.3) is 0 Å². The molecule has 1 aromatic heterocycles. The third-order valence-corrected chi connectivity index (χ3v) is 12.3. The molecule has 2 heteroatoms. The quantitative estimate of drug-likeness (QED) is 0.0422. The van der Waals surface area contributed by atoms with Crippen LogP contribution in [0.5, 0.6) is 0 Å². The minimum absolute atomic E-state index is 0.00493. The highest BCUT2D eigenvalue weighted by atomic mass is 15.1. The summed E-state index contributed by atoms with van der Waals surface area (Å²) in [5.41, 5.74) is 2.91. The summed E-state index contributed by atoms with van der Waals surface area (Å²) >= 11 is 0. The second-order valence-corrected chi connectivity index (χ2v) is 17.0. The molecular weight excluding hydrogens is 641 g/mol. The van der Waals surface area contributed by atoms with Gasteiger partial charge in [0.2, 0.25) is 6.33 Å². The zero-order valence-corrected chi connectivity index (χ0v) is 35.4. The maximum atomic E-state index is 2.60. The predicted molar refractivity (Wildman–Crippen MR) is 233 cm³/mol. The topological polar surface area (TPSA) is 8.81 Å². The highest BCUT2D eigenvalue weighted by Crippen LogP contribution is 2.41. The van der Waals surface area contributed by atoms with Crippen LogP contribution >= 0.6 is 0 Å². The second kappa shape index (κ2) is 29.9. The van der Waals surface area contributed by atoms with Gasteiger partial charge < -0.3 is 0 Å². The second-order valence-electron chi connectivity index (χ2n) is 17.0. The maximum absolute atomic E-state index is 2.60. The standard InChI is InChI=1S/C51H85N2/c1-4-6-8-10-12-14-16-18-19-20-22-24-26-28-36-42-50(51(3,49-40-34-31-35-41-49)46-48-38-32-30-33-39-48)53-45-44-52(47-53)43-37-29-27-25-23-21-17-15-13-11-9-7-5-2/h30-35,38-41,44-45,47,50H,4-29,36-37,42-43,46H2,1-3H3/q+1. The van der Waals surface area contributed by atoms with Gasteiger partial charge in [-0.15, -0.1) is 0 Å². The van der Waals surface area contributed by atoms with Crippen molar-refractivity contribution in [3.63, 3.8) is 0 Å². The summed E-state index contributed by atoms with van der Waals surface area (Å²) < 4.78 is 5.08. The van der Waals surface area contributed by atoms with E-state index in [1.165, 1.54) is 197 Å². The molecular formula is C51H85N2+. The van der Waals surface area contributed by atoms with Gasteiger partial charge in [0.25, 0.3) is 0 Å². The van der Waals surface area contributed by atoms with Gasteiger partial charge in [-0.25, -0.2) is 9.13 Å². The minimum Gasteiger partial charge on any atom is -0.237 e. The Kier molecular flexibility index (Phi) is 25.4. The third-order valence-electron chi connectivity index (χ3n) is 12.3. The van der Waals surface area contributed by atoms with Crippen LogP contribution in [0, 0.1) is 0 Å². The number of benzene rings is 2. The Morgan fingerprint density at radius 3 is 1.34 bits per heavy atom. The Labute approximate surface area is 330 Å². The molecule has 0 saturated carbocycles. The number of hydrogen-bond donors (Lipinski definition) is 0. The molecule has 3 aromatic rings. The van der Waals surface area contributed by atoms with E-state index in [1.54, 1.807) is 0 Å². The van der Waals surface area contributed by atoms with Gasteiger partial charge in [0.05, 0.1) is 6.54 Å². The smallest absolute Gasteiger partial charge is 0.237 e. The highest BCUT2D eigenvalue weighted by Gasteiger charge is 2.40. The lowest BCUT2D eigenvalue weighted by molar-refractivity contribution is -0.697. The van der Waals surface area contributed by atoms with Crippen molar-refractivity contribution in [2.45, 2.75) is 231 Å². The Morgan fingerprint density at radius 1 is 0.491 bits per heavy atom. The number of hydrogen-bond acceptors (Lipinski definition) is 0. The molecule has 2 atom stereocenters. The van der Waals surface area contributed by atoms with Crippen molar-refractivity contribution in [1.29, 1.82) is 0 Å². The molecule has 2 nitrogen and oxygen atoms in total. The molecule has 1 heterocycles. The van der Waals surface area contributed by atoms with E-state index in [-0.39, 0.29) is 5.41 Å². The Balaban J connectivity index is 1.47. The SMILES string of the molecule is CCCCCCCCCCCCCCCCCC(n1cc[n+](CCCCCCCCCCCCCCC)c1)C(C)(Cc1ccccc1)c1ccccc1. The minimum atomic E-state index is 0.00493. The monoisotopic (exact) mass is 726 g/mol. The van der Waals surface area contributed by atoms with Crippen LogP contribution in [0.1, 0.15) is 224 Å². The summed E-state index contributed by atoms with van der Waals surface area (Å²) in [6, 6.07) is 23.1. The predicted octanol–water partition coefficient (Wildman–Crippen LogP) is 15.9. The molecule has 2 unspecified atom stereocenters. The molecule has 0 radical (unpaired) electrons. The molecule has 0 spiro atoms. The van der Waals surface area contributed by atoms with Crippen molar-refractivity contribution in [3.05, 3.63) is 90.5 Å². The van der Waals surface area contributed by atoms with E-state index in [4.69, 9.17) is 0 Å². The van der Waals surface area contributed by atoms with Crippen molar-refractivity contribution in [2.75, 3.05) is 0 Å². The number of rotatable bonds is 35. The summed E-state index contributed by atoms with van der Waals surface area (Å²) in [4.78, 5) is 0.